The van der Waals surface area contributed by atoms with E-state index in [0.29, 0.717) is 19.0 Å². The van der Waals surface area contributed by atoms with Crippen LogP contribution in [0, 0.1) is 11.8 Å². The zero-order chi connectivity index (χ0) is 15.1. The van der Waals surface area contributed by atoms with E-state index in [1.807, 2.05) is 0 Å². The van der Waals surface area contributed by atoms with E-state index in [1.54, 1.807) is 4.90 Å². The summed E-state index contributed by atoms with van der Waals surface area (Å²) in [6.45, 7) is 1.15. The fraction of sp³-hybridized carbons (Fsp3) is 0.643. The lowest BCUT2D eigenvalue weighted by atomic mass is 10.00. The van der Waals surface area contributed by atoms with Crippen LogP contribution in [0.4, 0.5) is 0 Å². The molecule has 1 aliphatic heterocycles. The number of aromatic nitrogens is 2. The molecule has 3 atom stereocenters. The van der Waals surface area contributed by atoms with Gasteiger partial charge in [-0.15, -0.1) is 0 Å². The van der Waals surface area contributed by atoms with Gasteiger partial charge >= 0.3 is 5.69 Å². The standard InChI is InChI=1S/C14H19N3O4/c1-15-12(19)4-5-16(14(15)21)8-13(20)17-6-9-2-3-11(18)10(9)7-17/h4-5,9-11,18H,2-3,6-8H2,1H3. The Kier molecular flexibility index (Phi) is 3.44. The average Bonchev–Trinajstić information content (AvgIpc) is 3.02. The molecule has 3 unspecified atom stereocenters. The van der Waals surface area contributed by atoms with Crippen LogP contribution >= 0.6 is 0 Å². The molecule has 2 aliphatic rings. The van der Waals surface area contributed by atoms with E-state index in [1.165, 1.54) is 23.9 Å². The van der Waals surface area contributed by atoms with Crippen molar-refractivity contribution >= 4 is 5.91 Å². The van der Waals surface area contributed by atoms with Crippen LogP contribution in [0.15, 0.2) is 21.9 Å². The van der Waals surface area contributed by atoms with E-state index in [2.05, 4.69) is 0 Å². The largest absolute Gasteiger partial charge is 0.393 e. The fourth-order valence-corrected chi connectivity index (χ4v) is 3.42. The normalized spacial score (nSPS) is 27.9. The maximum atomic E-state index is 12.3. The quantitative estimate of drug-likeness (QED) is 0.740. The zero-order valence-electron chi connectivity index (χ0n) is 11.9. The van der Waals surface area contributed by atoms with Gasteiger partial charge in [-0.2, -0.15) is 0 Å². The predicted molar refractivity (Wildman–Crippen MR) is 74.7 cm³/mol. The molecule has 1 saturated carbocycles. The number of likely N-dealkylation sites (tertiary alicyclic amines) is 1. The molecule has 21 heavy (non-hydrogen) atoms. The second-order valence-electron chi connectivity index (χ2n) is 5.99. The van der Waals surface area contributed by atoms with Crippen molar-refractivity contribution in [3.8, 4) is 0 Å². The van der Waals surface area contributed by atoms with Crippen molar-refractivity contribution in [2.45, 2.75) is 25.5 Å². The van der Waals surface area contributed by atoms with E-state index in [0.717, 1.165) is 17.4 Å². The van der Waals surface area contributed by atoms with Gasteiger partial charge in [-0.1, -0.05) is 0 Å². The van der Waals surface area contributed by atoms with Crippen LogP contribution in [0.3, 0.4) is 0 Å². The topological polar surface area (TPSA) is 84.5 Å². The molecule has 3 rings (SSSR count). The van der Waals surface area contributed by atoms with Gasteiger partial charge in [0.2, 0.25) is 5.91 Å². The lowest BCUT2D eigenvalue weighted by Gasteiger charge is -2.19. The second-order valence-corrected chi connectivity index (χ2v) is 5.99. The van der Waals surface area contributed by atoms with Crippen LogP contribution in [-0.2, 0) is 18.4 Å². The number of aliphatic hydroxyl groups excluding tert-OH is 1. The molecule has 1 aliphatic carbocycles. The summed E-state index contributed by atoms with van der Waals surface area (Å²) < 4.78 is 2.23. The summed E-state index contributed by atoms with van der Waals surface area (Å²) in [7, 11) is 1.39. The Morgan fingerprint density at radius 1 is 1.33 bits per heavy atom. The van der Waals surface area contributed by atoms with Crippen molar-refractivity contribution < 1.29 is 9.90 Å². The first-order valence-corrected chi connectivity index (χ1v) is 7.19. The van der Waals surface area contributed by atoms with E-state index >= 15 is 0 Å². The monoisotopic (exact) mass is 293 g/mol. The van der Waals surface area contributed by atoms with Gasteiger partial charge in [-0.3, -0.25) is 18.7 Å². The van der Waals surface area contributed by atoms with Crippen molar-refractivity contribution in [2.75, 3.05) is 13.1 Å². The van der Waals surface area contributed by atoms with Crippen molar-refractivity contribution in [1.29, 1.82) is 0 Å². The van der Waals surface area contributed by atoms with Crippen molar-refractivity contribution in [3.63, 3.8) is 0 Å². The number of carbonyl (C=O) groups is 1. The Labute approximate surface area is 121 Å². The summed E-state index contributed by atoms with van der Waals surface area (Å²) in [4.78, 5) is 37.2. The Hall–Kier alpha value is -1.89. The van der Waals surface area contributed by atoms with E-state index < -0.39 is 5.69 Å². The molecule has 0 aromatic carbocycles. The zero-order valence-corrected chi connectivity index (χ0v) is 11.9. The van der Waals surface area contributed by atoms with Gasteiger partial charge in [0.25, 0.3) is 5.56 Å². The number of hydrogen-bond acceptors (Lipinski definition) is 4. The lowest BCUT2D eigenvalue weighted by Crippen LogP contribution is -2.41. The van der Waals surface area contributed by atoms with Crippen LogP contribution in [-0.4, -0.2) is 44.2 Å². The number of aliphatic hydroxyl groups is 1. The number of amides is 1. The number of fused-ring (bicyclic) bond motifs is 1. The molecular formula is C14H19N3O4. The van der Waals surface area contributed by atoms with Crippen LogP contribution < -0.4 is 11.2 Å². The number of carbonyl (C=O) groups excluding carboxylic acids is 1. The van der Waals surface area contributed by atoms with Gasteiger partial charge in [-0.25, -0.2) is 4.79 Å². The minimum atomic E-state index is -0.490. The van der Waals surface area contributed by atoms with Crippen LogP contribution in [0.25, 0.3) is 0 Å². The van der Waals surface area contributed by atoms with E-state index in [4.69, 9.17) is 0 Å². The molecule has 2 fully saturated rings. The van der Waals surface area contributed by atoms with Crippen molar-refractivity contribution in [3.05, 3.63) is 33.1 Å². The third kappa shape index (κ3) is 2.42. The summed E-state index contributed by atoms with van der Waals surface area (Å²) in [5.74, 6) is 0.406. The highest BCUT2D eigenvalue weighted by molar-refractivity contribution is 5.76. The minimum Gasteiger partial charge on any atom is -0.393 e. The first-order chi connectivity index (χ1) is 9.97. The highest BCUT2D eigenvalue weighted by Crippen LogP contribution is 2.38. The third-order valence-corrected chi connectivity index (χ3v) is 4.74. The molecule has 114 valence electrons. The van der Waals surface area contributed by atoms with Crippen molar-refractivity contribution in [1.82, 2.24) is 14.0 Å². The second kappa shape index (κ2) is 5.14. The smallest absolute Gasteiger partial charge is 0.331 e. The van der Waals surface area contributed by atoms with Crippen molar-refractivity contribution in [2.24, 2.45) is 18.9 Å². The summed E-state index contributed by atoms with van der Waals surface area (Å²) in [6.07, 6.45) is 2.81. The van der Waals surface area contributed by atoms with Gasteiger partial charge in [-0.05, 0) is 18.8 Å². The van der Waals surface area contributed by atoms with Crippen LogP contribution in [0.5, 0.6) is 0 Å². The molecule has 7 nitrogen and oxygen atoms in total. The molecule has 1 amide bonds. The maximum Gasteiger partial charge on any atom is 0.331 e. The Bertz CT molecular complexity index is 678. The van der Waals surface area contributed by atoms with Gasteiger partial charge in [0, 0.05) is 38.3 Å². The van der Waals surface area contributed by atoms with Gasteiger partial charge in [0.15, 0.2) is 0 Å². The first kappa shape index (κ1) is 14.1. The Morgan fingerprint density at radius 3 is 2.81 bits per heavy atom. The molecule has 1 saturated heterocycles. The summed E-state index contributed by atoms with van der Waals surface area (Å²) >= 11 is 0. The highest BCUT2D eigenvalue weighted by Gasteiger charge is 2.43. The number of hydrogen-bond donors (Lipinski definition) is 1. The first-order valence-electron chi connectivity index (χ1n) is 7.19. The molecule has 1 aromatic heterocycles. The van der Waals surface area contributed by atoms with Crippen LogP contribution in [0.1, 0.15) is 12.8 Å². The molecule has 0 bridgehead atoms. The Balaban J connectivity index is 1.72. The SMILES string of the molecule is Cn1c(=O)ccn(CC(=O)N2CC3CCC(O)C3C2)c1=O. The molecular weight excluding hydrogens is 274 g/mol. The highest BCUT2D eigenvalue weighted by atomic mass is 16.3. The average molecular weight is 293 g/mol. The molecule has 2 heterocycles. The van der Waals surface area contributed by atoms with Crippen LogP contribution in [0.2, 0.25) is 0 Å². The minimum absolute atomic E-state index is 0.0670. The fourth-order valence-electron chi connectivity index (χ4n) is 3.42. The number of nitrogens with zero attached hydrogens (tertiary/aromatic N) is 3. The third-order valence-electron chi connectivity index (χ3n) is 4.74. The van der Waals surface area contributed by atoms with Gasteiger partial charge in [0.1, 0.15) is 6.54 Å². The molecule has 1 N–H and O–H groups in total. The molecule has 7 heteroatoms. The Morgan fingerprint density at radius 2 is 2.10 bits per heavy atom. The maximum absolute atomic E-state index is 12.3. The van der Waals surface area contributed by atoms with E-state index in [9.17, 15) is 19.5 Å². The molecule has 0 spiro atoms. The van der Waals surface area contributed by atoms with E-state index in [-0.39, 0.29) is 30.0 Å². The summed E-state index contributed by atoms with van der Waals surface area (Å²) in [6, 6.07) is 1.27. The van der Waals surface area contributed by atoms with Gasteiger partial charge < -0.3 is 10.0 Å². The molecule has 1 aromatic rings. The summed E-state index contributed by atoms with van der Waals surface area (Å²) in [5, 5.41) is 9.87. The summed E-state index contributed by atoms with van der Waals surface area (Å²) in [5.41, 5.74) is -0.877. The van der Waals surface area contributed by atoms with Gasteiger partial charge in [0.05, 0.1) is 6.10 Å². The number of rotatable bonds is 2. The lowest BCUT2D eigenvalue weighted by molar-refractivity contribution is -0.131. The predicted octanol–water partition coefficient (Wildman–Crippen LogP) is -1.22. The molecule has 0 radical (unpaired) electrons.